The van der Waals surface area contributed by atoms with Crippen LogP contribution in [0, 0.1) is 28.6 Å². The highest BCUT2D eigenvalue weighted by molar-refractivity contribution is 5.92. The molecule has 0 aromatic carbocycles. The van der Waals surface area contributed by atoms with Crippen LogP contribution in [0.1, 0.15) is 72.6 Å². The van der Waals surface area contributed by atoms with Crippen LogP contribution in [-0.2, 0) is 23.9 Å². The smallest absolute Gasteiger partial charge is 0.309 e. The second-order valence-corrected chi connectivity index (χ2v) is 10.2. The maximum absolute atomic E-state index is 12.9. The number of rotatable bonds is 1. The molecule has 5 aliphatic rings. The van der Waals surface area contributed by atoms with E-state index in [9.17, 15) is 14.4 Å². The molecule has 4 unspecified atom stereocenters. The summed E-state index contributed by atoms with van der Waals surface area (Å²) in [5.74, 6) is 0.00356. The van der Waals surface area contributed by atoms with E-state index < -0.39 is 5.60 Å². The Balaban J connectivity index is 0.00000218. The molecule has 1 heterocycles. The van der Waals surface area contributed by atoms with Gasteiger partial charge in [0.05, 0.1) is 13.0 Å². The minimum atomic E-state index is -0.392. The number of ketones is 1. The van der Waals surface area contributed by atoms with Crippen LogP contribution in [0.5, 0.6) is 0 Å². The van der Waals surface area contributed by atoms with Gasteiger partial charge < -0.3 is 9.47 Å². The number of hydrogen-bond donors (Lipinski definition) is 0. The highest BCUT2D eigenvalue weighted by Crippen LogP contribution is 2.69. The summed E-state index contributed by atoms with van der Waals surface area (Å²) in [6, 6.07) is 0. The molecule has 2 saturated carbocycles. The lowest BCUT2D eigenvalue weighted by Crippen LogP contribution is -2.53. The van der Waals surface area contributed by atoms with Gasteiger partial charge in [-0.1, -0.05) is 38.5 Å². The summed E-state index contributed by atoms with van der Waals surface area (Å²) in [6.07, 6.45) is 10.1. The van der Waals surface area contributed by atoms with Gasteiger partial charge in [0.1, 0.15) is 5.60 Å². The number of esters is 2. The number of hydrogen-bond acceptors (Lipinski definition) is 5. The third kappa shape index (κ3) is 2.56. The van der Waals surface area contributed by atoms with Gasteiger partial charge in [-0.05, 0) is 56.4 Å². The van der Waals surface area contributed by atoms with Crippen LogP contribution in [0.2, 0.25) is 0 Å². The van der Waals surface area contributed by atoms with Gasteiger partial charge in [-0.3, -0.25) is 14.4 Å². The molecule has 0 aromatic heterocycles. The van der Waals surface area contributed by atoms with E-state index in [1.165, 1.54) is 12.7 Å². The molecule has 6 atom stereocenters. The van der Waals surface area contributed by atoms with E-state index in [-0.39, 0.29) is 53.7 Å². The summed E-state index contributed by atoms with van der Waals surface area (Å²) < 4.78 is 11.2. The molecule has 5 heteroatoms. The van der Waals surface area contributed by atoms with Crippen molar-refractivity contribution in [3.8, 4) is 0 Å². The first kappa shape index (κ1) is 21.3. The van der Waals surface area contributed by atoms with E-state index in [1.54, 1.807) is 6.08 Å². The molecule has 5 rings (SSSR count). The number of carbonyl (C=O) groups excluding carboxylic acids is 3. The van der Waals surface area contributed by atoms with Gasteiger partial charge in [0.2, 0.25) is 0 Å². The zero-order valence-corrected chi connectivity index (χ0v) is 17.6. The molecule has 0 amide bonds. The normalized spacial score (nSPS) is 44.2. The van der Waals surface area contributed by atoms with Crippen molar-refractivity contribution in [2.45, 2.75) is 78.2 Å². The van der Waals surface area contributed by atoms with Crippen LogP contribution in [0.4, 0.5) is 0 Å². The number of ether oxygens (including phenoxy) is 2. The van der Waals surface area contributed by atoms with Crippen molar-refractivity contribution in [2.24, 2.45) is 28.6 Å². The maximum Gasteiger partial charge on any atom is 0.309 e. The van der Waals surface area contributed by atoms with E-state index in [0.29, 0.717) is 19.3 Å². The van der Waals surface area contributed by atoms with Gasteiger partial charge in [0, 0.05) is 23.7 Å². The van der Waals surface area contributed by atoms with Crippen molar-refractivity contribution in [1.29, 1.82) is 0 Å². The molecule has 5 nitrogen and oxygen atoms in total. The molecule has 0 N–H and O–H groups in total. The Bertz CT molecular complexity index is 869. The first-order chi connectivity index (χ1) is 13.7. The molecule has 30 heavy (non-hydrogen) atoms. The average molecular weight is 415 g/mol. The molecular formula is C25H34O5. The first-order valence-corrected chi connectivity index (χ1v) is 11.0. The summed E-state index contributed by atoms with van der Waals surface area (Å²) in [7, 11) is 1.46. The Hall–Kier alpha value is -1.91. The Morgan fingerprint density at radius 1 is 1.17 bits per heavy atom. The third-order valence-electron chi connectivity index (χ3n) is 9.23. The van der Waals surface area contributed by atoms with Gasteiger partial charge in [-0.25, -0.2) is 0 Å². The predicted octanol–water partition coefficient (Wildman–Crippen LogP) is 4.55. The largest absolute Gasteiger partial charge is 0.469 e. The second kappa shape index (κ2) is 6.80. The maximum atomic E-state index is 12.9. The summed E-state index contributed by atoms with van der Waals surface area (Å²) >= 11 is 0. The number of carbonyl (C=O) groups is 3. The Labute approximate surface area is 179 Å². The molecule has 3 fully saturated rings. The van der Waals surface area contributed by atoms with Gasteiger partial charge in [0.25, 0.3) is 0 Å². The Morgan fingerprint density at radius 2 is 1.93 bits per heavy atom. The highest BCUT2D eigenvalue weighted by Gasteiger charge is 2.67. The van der Waals surface area contributed by atoms with Crippen molar-refractivity contribution in [3.63, 3.8) is 0 Å². The van der Waals surface area contributed by atoms with Crippen molar-refractivity contribution in [3.05, 3.63) is 23.3 Å². The van der Waals surface area contributed by atoms with E-state index in [2.05, 4.69) is 19.9 Å². The lowest BCUT2D eigenvalue weighted by Gasteiger charge is -2.56. The van der Waals surface area contributed by atoms with Crippen molar-refractivity contribution in [2.75, 3.05) is 7.11 Å². The zero-order chi connectivity index (χ0) is 20.6. The summed E-state index contributed by atoms with van der Waals surface area (Å²) in [5.41, 5.74) is 1.72. The molecule has 1 spiro atoms. The number of allylic oxidation sites excluding steroid dienone is 4. The van der Waals surface area contributed by atoms with Crippen LogP contribution in [-0.4, -0.2) is 30.4 Å². The Morgan fingerprint density at radius 3 is 2.60 bits per heavy atom. The molecule has 0 aromatic rings. The molecule has 0 radical (unpaired) electrons. The van der Waals surface area contributed by atoms with Gasteiger partial charge >= 0.3 is 11.9 Å². The Kier molecular flexibility index (Phi) is 4.83. The fourth-order valence-corrected chi connectivity index (χ4v) is 7.53. The van der Waals surface area contributed by atoms with Crippen LogP contribution in [0.3, 0.4) is 0 Å². The molecule has 4 aliphatic carbocycles. The lowest BCUT2D eigenvalue weighted by molar-refractivity contribution is -0.163. The van der Waals surface area contributed by atoms with Crippen molar-refractivity contribution >= 4 is 17.7 Å². The quantitative estimate of drug-likeness (QED) is 0.465. The molecule has 0 bridgehead atoms. The lowest BCUT2D eigenvalue weighted by atomic mass is 9.48. The fraction of sp³-hybridized carbons (Fsp3) is 0.720. The van der Waals surface area contributed by atoms with E-state index in [4.69, 9.17) is 9.47 Å². The SMILES string of the molecule is C.COC(=O)[C@@H]1CC2=CC(=O)CCC2(C)C2=CCC3(C)C(CC[C@@]34CCC(=O)O4)C21. The summed E-state index contributed by atoms with van der Waals surface area (Å²) in [4.78, 5) is 37.1. The number of methoxy groups -OCH3 is 1. The van der Waals surface area contributed by atoms with Gasteiger partial charge in [-0.2, -0.15) is 0 Å². The molecule has 1 saturated heterocycles. The summed E-state index contributed by atoms with van der Waals surface area (Å²) in [6.45, 7) is 4.52. The van der Waals surface area contributed by atoms with Gasteiger partial charge in [0.15, 0.2) is 5.78 Å². The number of fused-ring (bicyclic) bond motifs is 6. The molecule has 1 aliphatic heterocycles. The monoisotopic (exact) mass is 414 g/mol. The molecular weight excluding hydrogens is 380 g/mol. The van der Waals surface area contributed by atoms with E-state index >= 15 is 0 Å². The van der Waals surface area contributed by atoms with Crippen molar-refractivity contribution < 1.29 is 23.9 Å². The second-order valence-electron chi connectivity index (χ2n) is 10.2. The van der Waals surface area contributed by atoms with Crippen molar-refractivity contribution in [1.82, 2.24) is 0 Å². The fourth-order valence-electron chi connectivity index (χ4n) is 7.53. The minimum Gasteiger partial charge on any atom is -0.469 e. The van der Waals surface area contributed by atoms with Crippen LogP contribution in [0.25, 0.3) is 0 Å². The summed E-state index contributed by atoms with van der Waals surface area (Å²) in [5, 5.41) is 0. The highest BCUT2D eigenvalue weighted by atomic mass is 16.6. The third-order valence-corrected chi connectivity index (χ3v) is 9.23. The minimum absolute atomic E-state index is 0. The first-order valence-electron chi connectivity index (χ1n) is 11.0. The van der Waals surface area contributed by atoms with Crippen LogP contribution < -0.4 is 0 Å². The molecule has 164 valence electrons. The standard InChI is InChI=1S/C24H30O5.CH4/c1-22-8-4-15(25)12-14(22)13-16(21(27)28-3)20-17(22)5-9-23(2)18(20)6-10-24(23)11-7-19(26)29-24;/h5,12,16,18,20H,4,6-11,13H2,1-3H3;1H4/t16-,18?,20?,22?,23?,24-;/m1./s1. The van der Waals surface area contributed by atoms with Gasteiger partial charge in [-0.15, -0.1) is 0 Å². The van der Waals surface area contributed by atoms with Crippen LogP contribution in [0.15, 0.2) is 23.3 Å². The van der Waals surface area contributed by atoms with E-state index in [0.717, 1.165) is 37.7 Å². The van der Waals surface area contributed by atoms with E-state index in [1.807, 2.05) is 0 Å². The topological polar surface area (TPSA) is 69.7 Å². The van der Waals surface area contributed by atoms with Crippen LogP contribution >= 0.6 is 0 Å². The average Bonchev–Trinajstić information content (AvgIpc) is 3.22. The zero-order valence-electron chi connectivity index (χ0n) is 17.6. The predicted molar refractivity (Wildman–Crippen MR) is 112 cm³/mol.